The quantitative estimate of drug-likeness (QED) is 0.847. The van der Waals surface area contributed by atoms with Crippen molar-refractivity contribution in [2.45, 2.75) is 39.5 Å². The van der Waals surface area contributed by atoms with Gasteiger partial charge in [0.25, 0.3) is 0 Å². The molecule has 1 amide bonds. The number of nitrogens with one attached hydrogen (secondary N) is 1. The maximum absolute atomic E-state index is 12.4. The molecule has 2 rings (SSSR count). The molecule has 0 aliphatic rings. The SMILES string of the molecule is CC(=O)N(CCNS(=O)(=O)c1c(C)noc1C)c1c(C)cccc1C. The first-order valence-electron chi connectivity index (χ1n) is 7.92. The number of amides is 1. The van der Waals surface area contributed by atoms with E-state index >= 15 is 0 Å². The molecule has 0 atom stereocenters. The first-order valence-corrected chi connectivity index (χ1v) is 9.40. The molecule has 1 aromatic carbocycles. The molecule has 0 spiro atoms. The predicted octanol–water partition coefficient (Wildman–Crippen LogP) is 2.24. The molecule has 0 aliphatic carbocycles. The van der Waals surface area contributed by atoms with E-state index in [0.717, 1.165) is 16.8 Å². The lowest BCUT2D eigenvalue weighted by Gasteiger charge is -2.25. The number of para-hydroxylation sites is 1. The lowest BCUT2D eigenvalue weighted by Crippen LogP contribution is -2.38. The topological polar surface area (TPSA) is 92.5 Å². The Kier molecular flexibility index (Phi) is 5.64. The van der Waals surface area contributed by atoms with E-state index in [2.05, 4.69) is 9.88 Å². The lowest BCUT2D eigenvalue weighted by molar-refractivity contribution is -0.116. The fraction of sp³-hybridized carbons (Fsp3) is 0.412. The smallest absolute Gasteiger partial charge is 0.246 e. The monoisotopic (exact) mass is 365 g/mol. The van der Waals surface area contributed by atoms with E-state index < -0.39 is 10.0 Å². The molecule has 0 saturated heterocycles. The third-order valence-electron chi connectivity index (χ3n) is 3.95. The zero-order chi connectivity index (χ0) is 18.8. The van der Waals surface area contributed by atoms with Crippen LogP contribution in [0.1, 0.15) is 29.5 Å². The van der Waals surface area contributed by atoms with E-state index in [1.165, 1.54) is 6.92 Å². The van der Waals surface area contributed by atoms with Crippen LogP contribution >= 0.6 is 0 Å². The number of aryl methyl sites for hydroxylation is 4. The van der Waals surface area contributed by atoms with Crippen LogP contribution in [-0.2, 0) is 14.8 Å². The summed E-state index contributed by atoms with van der Waals surface area (Å²) >= 11 is 0. The molecule has 1 N–H and O–H groups in total. The Morgan fingerprint density at radius 2 is 1.80 bits per heavy atom. The van der Waals surface area contributed by atoms with Gasteiger partial charge in [-0.15, -0.1) is 0 Å². The van der Waals surface area contributed by atoms with Gasteiger partial charge in [-0.3, -0.25) is 4.79 Å². The molecule has 1 aromatic heterocycles. The number of rotatable bonds is 6. The maximum Gasteiger partial charge on any atom is 0.246 e. The van der Waals surface area contributed by atoms with Gasteiger partial charge in [-0.05, 0) is 38.8 Å². The van der Waals surface area contributed by atoms with Crippen LogP contribution in [0.25, 0.3) is 0 Å². The van der Waals surface area contributed by atoms with Crippen molar-refractivity contribution in [1.29, 1.82) is 0 Å². The molecule has 0 unspecified atom stereocenters. The molecule has 136 valence electrons. The highest BCUT2D eigenvalue weighted by Crippen LogP contribution is 2.24. The van der Waals surface area contributed by atoms with E-state index in [1.807, 2.05) is 32.0 Å². The van der Waals surface area contributed by atoms with Gasteiger partial charge in [0.1, 0.15) is 10.6 Å². The first-order chi connectivity index (χ1) is 11.6. The van der Waals surface area contributed by atoms with Crippen LogP contribution in [0.15, 0.2) is 27.6 Å². The highest BCUT2D eigenvalue weighted by atomic mass is 32.2. The number of nitrogens with zero attached hydrogens (tertiary/aromatic N) is 2. The molecule has 1 heterocycles. The van der Waals surface area contributed by atoms with Crippen molar-refractivity contribution in [3.63, 3.8) is 0 Å². The second kappa shape index (κ2) is 7.37. The van der Waals surface area contributed by atoms with Crippen LogP contribution < -0.4 is 9.62 Å². The summed E-state index contributed by atoms with van der Waals surface area (Å²) < 4.78 is 32.3. The van der Waals surface area contributed by atoms with Gasteiger partial charge in [-0.25, -0.2) is 13.1 Å². The fourth-order valence-corrected chi connectivity index (χ4v) is 4.23. The second-order valence-corrected chi connectivity index (χ2v) is 7.67. The standard InChI is InChI=1S/C17H23N3O4S/c1-11-7-6-8-12(2)16(11)20(15(5)21)10-9-18-25(22,23)17-13(3)19-24-14(17)4/h6-8,18H,9-10H2,1-5H3. The summed E-state index contributed by atoms with van der Waals surface area (Å²) in [5.74, 6) is 0.0945. The summed E-state index contributed by atoms with van der Waals surface area (Å²) in [7, 11) is -3.75. The Labute approximate surface area is 148 Å². The minimum atomic E-state index is -3.75. The minimum absolute atomic E-state index is 0.0500. The Hall–Kier alpha value is -2.19. The van der Waals surface area contributed by atoms with Crippen LogP contribution in [0.5, 0.6) is 0 Å². The largest absolute Gasteiger partial charge is 0.360 e. The Morgan fingerprint density at radius 1 is 1.20 bits per heavy atom. The van der Waals surface area contributed by atoms with Crippen molar-refractivity contribution < 1.29 is 17.7 Å². The van der Waals surface area contributed by atoms with Crippen molar-refractivity contribution in [3.8, 4) is 0 Å². The second-order valence-electron chi connectivity index (χ2n) is 5.96. The third kappa shape index (κ3) is 4.08. The highest BCUT2D eigenvalue weighted by molar-refractivity contribution is 7.89. The van der Waals surface area contributed by atoms with Crippen molar-refractivity contribution in [3.05, 3.63) is 40.8 Å². The van der Waals surface area contributed by atoms with Crippen molar-refractivity contribution in [1.82, 2.24) is 9.88 Å². The van der Waals surface area contributed by atoms with Gasteiger partial charge in [0.15, 0.2) is 5.76 Å². The van der Waals surface area contributed by atoms with Crippen LogP contribution in [-0.4, -0.2) is 32.6 Å². The first kappa shape index (κ1) is 19.1. The molecule has 2 aromatic rings. The summed E-state index contributed by atoms with van der Waals surface area (Å²) in [5.41, 5.74) is 3.04. The molecule has 0 bridgehead atoms. The van der Waals surface area contributed by atoms with E-state index in [9.17, 15) is 13.2 Å². The summed E-state index contributed by atoms with van der Waals surface area (Å²) in [4.78, 5) is 13.7. The molecular weight excluding hydrogens is 342 g/mol. The van der Waals surface area contributed by atoms with Crippen LogP contribution in [0.2, 0.25) is 0 Å². The van der Waals surface area contributed by atoms with E-state index in [1.54, 1.807) is 18.7 Å². The Morgan fingerprint density at radius 3 is 2.28 bits per heavy atom. The van der Waals surface area contributed by atoms with Gasteiger partial charge in [-0.2, -0.15) is 0 Å². The zero-order valence-electron chi connectivity index (χ0n) is 15.1. The summed E-state index contributed by atoms with van der Waals surface area (Å²) in [5, 5.41) is 3.67. The molecule has 0 fully saturated rings. The number of anilines is 1. The van der Waals surface area contributed by atoms with Crippen LogP contribution in [0, 0.1) is 27.7 Å². The number of benzene rings is 1. The molecule has 0 radical (unpaired) electrons. The molecule has 8 heteroatoms. The summed E-state index contributed by atoms with van der Waals surface area (Å²) in [6.07, 6.45) is 0. The summed E-state index contributed by atoms with van der Waals surface area (Å²) in [6.45, 7) is 8.74. The van der Waals surface area contributed by atoms with Gasteiger partial charge < -0.3 is 9.42 Å². The molecule has 0 saturated carbocycles. The summed E-state index contributed by atoms with van der Waals surface area (Å²) in [6, 6.07) is 5.77. The molecular formula is C17H23N3O4S. The van der Waals surface area contributed by atoms with E-state index in [-0.39, 0.29) is 29.7 Å². The highest BCUT2D eigenvalue weighted by Gasteiger charge is 2.24. The van der Waals surface area contributed by atoms with Crippen molar-refractivity contribution >= 4 is 21.6 Å². The van der Waals surface area contributed by atoms with Crippen LogP contribution in [0.3, 0.4) is 0 Å². The number of hydrogen-bond acceptors (Lipinski definition) is 5. The average Bonchev–Trinajstić information content (AvgIpc) is 2.84. The van der Waals surface area contributed by atoms with Crippen LogP contribution in [0.4, 0.5) is 5.69 Å². The Balaban J connectivity index is 2.17. The average molecular weight is 365 g/mol. The zero-order valence-corrected chi connectivity index (χ0v) is 15.9. The lowest BCUT2D eigenvalue weighted by atomic mass is 10.1. The third-order valence-corrected chi connectivity index (χ3v) is 5.66. The van der Waals surface area contributed by atoms with E-state index in [4.69, 9.17) is 4.52 Å². The normalized spacial score (nSPS) is 11.6. The Bertz CT molecular complexity index is 848. The van der Waals surface area contributed by atoms with Crippen molar-refractivity contribution in [2.24, 2.45) is 0 Å². The van der Waals surface area contributed by atoms with Gasteiger partial charge in [0, 0.05) is 25.7 Å². The number of aromatic nitrogens is 1. The fourth-order valence-electron chi connectivity index (χ4n) is 2.88. The minimum Gasteiger partial charge on any atom is -0.360 e. The van der Waals surface area contributed by atoms with E-state index in [0.29, 0.717) is 5.69 Å². The van der Waals surface area contributed by atoms with Gasteiger partial charge in [0.2, 0.25) is 15.9 Å². The van der Waals surface area contributed by atoms with Gasteiger partial charge >= 0.3 is 0 Å². The number of sulfonamides is 1. The number of hydrogen-bond donors (Lipinski definition) is 1. The van der Waals surface area contributed by atoms with Gasteiger partial charge in [0.05, 0.1) is 0 Å². The predicted molar refractivity (Wildman–Crippen MR) is 95.1 cm³/mol. The number of carbonyl (C=O) groups is 1. The number of carbonyl (C=O) groups excluding carboxylic acids is 1. The molecule has 25 heavy (non-hydrogen) atoms. The maximum atomic E-state index is 12.4. The molecule has 7 nitrogen and oxygen atoms in total. The molecule has 0 aliphatic heterocycles. The van der Waals surface area contributed by atoms with Crippen molar-refractivity contribution in [2.75, 3.05) is 18.0 Å². The van der Waals surface area contributed by atoms with Gasteiger partial charge in [-0.1, -0.05) is 23.4 Å².